The maximum absolute atomic E-state index is 5.86. The van der Waals surface area contributed by atoms with Gasteiger partial charge in [0.15, 0.2) is 0 Å². The first kappa shape index (κ1) is 16.3. The number of benzene rings is 1. The molecule has 1 aromatic carbocycles. The van der Waals surface area contributed by atoms with Crippen molar-refractivity contribution in [2.24, 2.45) is 11.8 Å². The third-order valence-corrected chi connectivity index (χ3v) is 4.12. The second kappa shape index (κ2) is 7.78. The van der Waals surface area contributed by atoms with Crippen molar-refractivity contribution in [3.63, 3.8) is 0 Å². The summed E-state index contributed by atoms with van der Waals surface area (Å²) in [6.07, 6.45) is 3.14. The summed E-state index contributed by atoms with van der Waals surface area (Å²) in [5, 5.41) is 0. The molecule has 2 rings (SSSR count). The van der Waals surface area contributed by atoms with E-state index in [1.54, 1.807) is 0 Å². The van der Waals surface area contributed by atoms with Crippen LogP contribution in [0, 0.1) is 5.92 Å². The zero-order chi connectivity index (χ0) is 15.2. The van der Waals surface area contributed by atoms with E-state index in [9.17, 15) is 0 Å². The van der Waals surface area contributed by atoms with Gasteiger partial charge in [-0.15, -0.1) is 0 Å². The van der Waals surface area contributed by atoms with Crippen LogP contribution in [0.15, 0.2) is 18.2 Å². The van der Waals surface area contributed by atoms with E-state index in [1.165, 1.54) is 11.1 Å². The van der Waals surface area contributed by atoms with Crippen molar-refractivity contribution < 1.29 is 9.47 Å². The lowest BCUT2D eigenvalue weighted by molar-refractivity contribution is 0.00153. The molecule has 4 nitrogen and oxygen atoms in total. The van der Waals surface area contributed by atoms with E-state index in [4.69, 9.17) is 15.3 Å². The topological polar surface area (TPSA) is 56.5 Å². The molecule has 0 spiro atoms. The van der Waals surface area contributed by atoms with Gasteiger partial charge in [-0.25, -0.2) is 0 Å². The Morgan fingerprint density at radius 2 is 2.19 bits per heavy atom. The summed E-state index contributed by atoms with van der Waals surface area (Å²) in [5.74, 6) is 7.23. The predicted octanol–water partition coefficient (Wildman–Crippen LogP) is 2.45. The molecule has 1 aromatic rings. The Labute approximate surface area is 128 Å². The van der Waals surface area contributed by atoms with E-state index < -0.39 is 0 Å². The van der Waals surface area contributed by atoms with Crippen molar-refractivity contribution in [3.05, 3.63) is 29.3 Å². The first-order valence-electron chi connectivity index (χ1n) is 7.98. The molecule has 0 aliphatic carbocycles. The molecule has 21 heavy (non-hydrogen) atoms. The van der Waals surface area contributed by atoms with Crippen LogP contribution in [0.1, 0.15) is 38.3 Å². The van der Waals surface area contributed by atoms with Gasteiger partial charge in [-0.1, -0.05) is 26.0 Å². The average molecular weight is 292 g/mol. The highest BCUT2D eigenvalue weighted by molar-refractivity contribution is 5.39. The molecule has 0 saturated heterocycles. The zero-order valence-corrected chi connectivity index (χ0v) is 13.4. The molecular weight excluding hydrogens is 264 g/mol. The molecule has 0 fully saturated rings. The van der Waals surface area contributed by atoms with Crippen LogP contribution in [-0.4, -0.2) is 25.4 Å². The van der Waals surface area contributed by atoms with Crippen LogP contribution in [0.5, 0.6) is 5.75 Å². The molecule has 0 amide bonds. The molecule has 0 radical (unpaired) electrons. The Hall–Kier alpha value is -1.10. The Balaban J connectivity index is 1.96. The number of nitrogens with two attached hydrogens (primary N) is 1. The van der Waals surface area contributed by atoms with Gasteiger partial charge in [-0.2, -0.15) is 0 Å². The predicted molar refractivity (Wildman–Crippen MR) is 85.3 cm³/mol. The second-order valence-corrected chi connectivity index (χ2v) is 6.02. The summed E-state index contributed by atoms with van der Waals surface area (Å²) in [4.78, 5) is 0. The van der Waals surface area contributed by atoms with E-state index >= 15 is 0 Å². The van der Waals surface area contributed by atoms with Gasteiger partial charge in [0, 0.05) is 19.1 Å². The smallest absolute Gasteiger partial charge is 0.122 e. The number of rotatable bonds is 8. The third kappa shape index (κ3) is 4.19. The summed E-state index contributed by atoms with van der Waals surface area (Å²) in [7, 11) is 0. The summed E-state index contributed by atoms with van der Waals surface area (Å²) in [5.41, 5.74) is 5.62. The molecule has 3 N–H and O–H groups in total. The van der Waals surface area contributed by atoms with Crippen molar-refractivity contribution in [1.29, 1.82) is 0 Å². The van der Waals surface area contributed by atoms with Crippen LogP contribution < -0.4 is 16.0 Å². The fourth-order valence-electron chi connectivity index (χ4n) is 3.03. The average Bonchev–Trinajstić information content (AvgIpc) is 2.94. The third-order valence-electron chi connectivity index (χ3n) is 4.12. The minimum atomic E-state index is 0.151. The summed E-state index contributed by atoms with van der Waals surface area (Å²) >= 11 is 0. The normalized spacial score (nSPS) is 16.6. The Kier molecular flexibility index (Phi) is 6.03. The van der Waals surface area contributed by atoms with Gasteiger partial charge in [0.05, 0.1) is 12.7 Å². The molecule has 4 heteroatoms. The number of ether oxygens (including phenoxy) is 2. The molecule has 1 heterocycles. The fraction of sp³-hybridized carbons (Fsp3) is 0.647. The highest BCUT2D eigenvalue weighted by Gasteiger charge is 2.24. The minimum absolute atomic E-state index is 0.151. The number of nitrogens with one attached hydrogen (secondary N) is 1. The fourth-order valence-corrected chi connectivity index (χ4v) is 3.03. The maximum atomic E-state index is 5.86. The SMILES string of the molecule is CCOC(C(C)C)C(CCc1ccc2c(c1)CCO2)NN. The number of fused-ring (bicyclic) bond motifs is 1. The van der Waals surface area contributed by atoms with Crippen LogP contribution in [-0.2, 0) is 17.6 Å². The van der Waals surface area contributed by atoms with Gasteiger partial charge in [-0.05, 0) is 42.9 Å². The lowest BCUT2D eigenvalue weighted by atomic mass is 9.94. The van der Waals surface area contributed by atoms with Crippen molar-refractivity contribution >= 4 is 0 Å². The monoisotopic (exact) mass is 292 g/mol. The highest BCUT2D eigenvalue weighted by Crippen LogP contribution is 2.26. The standard InChI is InChI=1S/C17H28N2O2/c1-4-20-17(12(2)3)15(19-18)7-5-13-6-8-16-14(11-13)9-10-21-16/h6,8,11-12,15,17,19H,4-5,7,9-10,18H2,1-3H3. The molecule has 2 unspecified atom stereocenters. The van der Waals surface area contributed by atoms with Crippen LogP contribution in [0.2, 0.25) is 0 Å². The largest absolute Gasteiger partial charge is 0.493 e. The minimum Gasteiger partial charge on any atom is -0.493 e. The molecule has 2 atom stereocenters. The van der Waals surface area contributed by atoms with Crippen molar-refractivity contribution in [2.45, 2.75) is 52.2 Å². The lowest BCUT2D eigenvalue weighted by Crippen LogP contribution is -2.47. The molecule has 118 valence electrons. The van der Waals surface area contributed by atoms with E-state index in [-0.39, 0.29) is 12.1 Å². The molecule has 1 aliphatic rings. The van der Waals surface area contributed by atoms with Crippen LogP contribution in [0.25, 0.3) is 0 Å². The van der Waals surface area contributed by atoms with Crippen LogP contribution in [0.3, 0.4) is 0 Å². The number of hydrazine groups is 1. The molecule has 1 aliphatic heterocycles. The summed E-state index contributed by atoms with van der Waals surface area (Å²) in [6.45, 7) is 7.92. The van der Waals surface area contributed by atoms with E-state index in [2.05, 4.69) is 37.5 Å². The summed E-state index contributed by atoms with van der Waals surface area (Å²) < 4.78 is 11.4. The van der Waals surface area contributed by atoms with Gasteiger partial charge in [-0.3, -0.25) is 11.3 Å². The Morgan fingerprint density at radius 3 is 2.86 bits per heavy atom. The van der Waals surface area contributed by atoms with Gasteiger partial charge in [0.2, 0.25) is 0 Å². The first-order valence-corrected chi connectivity index (χ1v) is 7.98. The maximum Gasteiger partial charge on any atom is 0.122 e. The first-order chi connectivity index (χ1) is 10.2. The van der Waals surface area contributed by atoms with Crippen LogP contribution >= 0.6 is 0 Å². The van der Waals surface area contributed by atoms with E-state index in [0.29, 0.717) is 5.92 Å². The Bertz CT molecular complexity index is 448. The van der Waals surface area contributed by atoms with Crippen molar-refractivity contribution in [1.82, 2.24) is 5.43 Å². The van der Waals surface area contributed by atoms with Gasteiger partial charge < -0.3 is 9.47 Å². The molecule has 0 aromatic heterocycles. The Morgan fingerprint density at radius 1 is 1.38 bits per heavy atom. The quantitative estimate of drug-likeness (QED) is 0.571. The van der Waals surface area contributed by atoms with E-state index in [0.717, 1.165) is 38.2 Å². The number of aryl methyl sites for hydroxylation is 1. The molecule has 0 bridgehead atoms. The second-order valence-electron chi connectivity index (χ2n) is 6.02. The highest BCUT2D eigenvalue weighted by atomic mass is 16.5. The number of hydrogen-bond donors (Lipinski definition) is 2. The van der Waals surface area contributed by atoms with Gasteiger partial charge in [0.25, 0.3) is 0 Å². The number of hydrogen-bond acceptors (Lipinski definition) is 4. The van der Waals surface area contributed by atoms with E-state index in [1.807, 2.05) is 6.92 Å². The lowest BCUT2D eigenvalue weighted by Gasteiger charge is -2.29. The van der Waals surface area contributed by atoms with Crippen molar-refractivity contribution in [2.75, 3.05) is 13.2 Å². The zero-order valence-electron chi connectivity index (χ0n) is 13.4. The van der Waals surface area contributed by atoms with Crippen molar-refractivity contribution in [3.8, 4) is 5.75 Å². The van der Waals surface area contributed by atoms with Gasteiger partial charge >= 0.3 is 0 Å². The van der Waals surface area contributed by atoms with Gasteiger partial charge in [0.1, 0.15) is 5.75 Å². The molecule has 0 saturated carbocycles. The summed E-state index contributed by atoms with van der Waals surface area (Å²) in [6, 6.07) is 6.68. The van der Waals surface area contributed by atoms with Crippen LogP contribution in [0.4, 0.5) is 0 Å². The molecular formula is C17H28N2O2.